The molecule has 2 heterocycles. The second-order valence-electron chi connectivity index (χ2n) is 3.96. The highest BCUT2D eigenvalue weighted by molar-refractivity contribution is 5.32. The number of hydrogen-bond acceptors (Lipinski definition) is 2. The summed E-state index contributed by atoms with van der Waals surface area (Å²) in [4.78, 5) is 7.43. The van der Waals surface area contributed by atoms with E-state index in [0.717, 1.165) is 29.9 Å². The largest absolute Gasteiger partial charge is 0.348 e. The highest BCUT2D eigenvalue weighted by atomic mass is 19.1. The van der Waals surface area contributed by atoms with E-state index in [1.165, 1.54) is 6.07 Å². The fourth-order valence-electron chi connectivity index (χ4n) is 2.18. The molecule has 4 heteroatoms. The zero-order chi connectivity index (χ0) is 11.0. The van der Waals surface area contributed by atoms with E-state index in [4.69, 9.17) is 0 Å². The number of fused-ring (bicyclic) bond motifs is 1. The Balaban J connectivity index is 2.04. The molecule has 3 rings (SSSR count). The topological polar surface area (TPSA) is 40.7 Å². The van der Waals surface area contributed by atoms with Gasteiger partial charge in [-0.1, -0.05) is 12.1 Å². The van der Waals surface area contributed by atoms with Gasteiger partial charge in [-0.15, -0.1) is 0 Å². The van der Waals surface area contributed by atoms with Gasteiger partial charge in [0, 0.05) is 18.7 Å². The lowest BCUT2D eigenvalue weighted by Gasteiger charge is -2.23. The van der Waals surface area contributed by atoms with Gasteiger partial charge in [0.1, 0.15) is 5.82 Å². The van der Waals surface area contributed by atoms with Crippen LogP contribution in [0.5, 0.6) is 0 Å². The monoisotopic (exact) mass is 217 g/mol. The molecule has 0 amide bonds. The van der Waals surface area contributed by atoms with Gasteiger partial charge in [0.25, 0.3) is 0 Å². The standard InChI is InChI=1S/C12H12FN3/c13-9-3-1-2-8(6-9)11-12-10(4-5-14-11)15-7-16-12/h1-3,6-7,11,14H,4-5H2,(H,15,16). The third-order valence-electron chi connectivity index (χ3n) is 2.93. The molecule has 0 fully saturated rings. The number of benzene rings is 1. The van der Waals surface area contributed by atoms with Crippen LogP contribution in [0.3, 0.4) is 0 Å². The van der Waals surface area contributed by atoms with Crippen LogP contribution in [-0.2, 0) is 6.42 Å². The van der Waals surface area contributed by atoms with Crippen molar-refractivity contribution >= 4 is 0 Å². The summed E-state index contributed by atoms with van der Waals surface area (Å²) in [5, 5.41) is 3.36. The molecule has 0 bridgehead atoms. The molecule has 0 aliphatic carbocycles. The minimum absolute atomic E-state index is 0.00528. The van der Waals surface area contributed by atoms with Gasteiger partial charge in [-0.2, -0.15) is 0 Å². The first-order valence-corrected chi connectivity index (χ1v) is 5.35. The van der Waals surface area contributed by atoms with Crippen molar-refractivity contribution in [2.75, 3.05) is 6.54 Å². The smallest absolute Gasteiger partial charge is 0.123 e. The summed E-state index contributed by atoms with van der Waals surface area (Å²) in [5.41, 5.74) is 3.05. The molecule has 1 unspecified atom stereocenters. The average molecular weight is 217 g/mol. The molecule has 2 N–H and O–H groups in total. The fraction of sp³-hybridized carbons (Fsp3) is 0.250. The Morgan fingerprint density at radius 3 is 3.19 bits per heavy atom. The van der Waals surface area contributed by atoms with Crippen molar-refractivity contribution in [2.24, 2.45) is 0 Å². The number of hydrogen-bond donors (Lipinski definition) is 2. The Morgan fingerprint density at radius 2 is 2.31 bits per heavy atom. The molecule has 1 aliphatic rings. The third-order valence-corrected chi connectivity index (χ3v) is 2.93. The molecule has 0 spiro atoms. The van der Waals surface area contributed by atoms with Crippen LogP contribution in [0, 0.1) is 5.82 Å². The average Bonchev–Trinajstić information content (AvgIpc) is 2.76. The summed E-state index contributed by atoms with van der Waals surface area (Å²) in [6.07, 6.45) is 2.64. The zero-order valence-corrected chi connectivity index (χ0v) is 8.70. The van der Waals surface area contributed by atoms with Gasteiger partial charge in [-0.25, -0.2) is 9.37 Å². The Morgan fingerprint density at radius 1 is 1.38 bits per heavy atom. The van der Waals surface area contributed by atoms with E-state index in [0.29, 0.717) is 0 Å². The van der Waals surface area contributed by atoms with Crippen molar-refractivity contribution in [3.63, 3.8) is 0 Å². The Kier molecular flexibility index (Phi) is 2.22. The second-order valence-corrected chi connectivity index (χ2v) is 3.96. The lowest BCUT2D eigenvalue weighted by atomic mass is 9.98. The van der Waals surface area contributed by atoms with Gasteiger partial charge in [-0.05, 0) is 17.7 Å². The van der Waals surface area contributed by atoms with Crippen molar-refractivity contribution in [3.05, 3.63) is 53.4 Å². The van der Waals surface area contributed by atoms with Crippen LogP contribution in [0.1, 0.15) is 23.0 Å². The highest BCUT2D eigenvalue weighted by Gasteiger charge is 2.23. The maximum absolute atomic E-state index is 13.2. The first kappa shape index (κ1) is 9.54. The fourth-order valence-corrected chi connectivity index (χ4v) is 2.18. The van der Waals surface area contributed by atoms with Crippen molar-refractivity contribution < 1.29 is 4.39 Å². The summed E-state index contributed by atoms with van der Waals surface area (Å²) in [5.74, 6) is -0.207. The van der Waals surface area contributed by atoms with Gasteiger partial charge in [0.2, 0.25) is 0 Å². The van der Waals surface area contributed by atoms with Crippen molar-refractivity contribution in [1.29, 1.82) is 0 Å². The maximum atomic E-state index is 13.2. The molecule has 0 radical (unpaired) electrons. The van der Waals surface area contributed by atoms with E-state index in [1.807, 2.05) is 6.07 Å². The number of imidazole rings is 1. The molecule has 3 nitrogen and oxygen atoms in total. The predicted molar refractivity (Wildman–Crippen MR) is 58.5 cm³/mol. The number of rotatable bonds is 1. The van der Waals surface area contributed by atoms with Crippen LogP contribution in [0.4, 0.5) is 4.39 Å². The van der Waals surface area contributed by atoms with Crippen molar-refractivity contribution in [1.82, 2.24) is 15.3 Å². The molecule has 0 saturated carbocycles. The summed E-state index contributed by atoms with van der Waals surface area (Å²) in [6, 6.07) is 6.67. The quantitative estimate of drug-likeness (QED) is 0.764. The summed E-state index contributed by atoms with van der Waals surface area (Å²) < 4.78 is 13.2. The number of nitrogens with zero attached hydrogens (tertiary/aromatic N) is 1. The van der Waals surface area contributed by atoms with Crippen molar-refractivity contribution in [3.8, 4) is 0 Å². The summed E-state index contributed by atoms with van der Waals surface area (Å²) in [7, 11) is 0. The molecule has 2 aromatic rings. The predicted octanol–water partition coefficient (Wildman–Crippen LogP) is 1.78. The SMILES string of the molecule is Fc1cccc(C2NCCc3[nH]cnc32)c1. The second kappa shape index (κ2) is 3.72. The van der Waals surface area contributed by atoms with Gasteiger partial charge >= 0.3 is 0 Å². The van der Waals surface area contributed by atoms with Crippen LogP contribution in [0.25, 0.3) is 0 Å². The summed E-state index contributed by atoms with van der Waals surface area (Å²) in [6.45, 7) is 0.885. The summed E-state index contributed by atoms with van der Waals surface area (Å²) >= 11 is 0. The van der Waals surface area contributed by atoms with Crippen LogP contribution < -0.4 is 5.32 Å². The van der Waals surface area contributed by atoms with Gasteiger partial charge in [0.05, 0.1) is 18.1 Å². The Bertz CT molecular complexity index is 506. The lowest BCUT2D eigenvalue weighted by Crippen LogP contribution is -2.30. The number of nitrogens with one attached hydrogen (secondary N) is 2. The molecule has 1 aromatic heterocycles. The maximum Gasteiger partial charge on any atom is 0.123 e. The minimum Gasteiger partial charge on any atom is -0.348 e. The minimum atomic E-state index is -0.207. The zero-order valence-electron chi connectivity index (χ0n) is 8.70. The van der Waals surface area contributed by atoms with Crippen LogP contribution in [-0.4, -0.2) is 16.5 Å². The Labute approximate surface area is 92.7 Å². The van der Waals surface area contributed by atoms with Crippen LogP contribution in [0.2, 0.25) is 0 Å². The van der Waals surface area contributed by atoms with E-state index < -0.39 is 0 Å². The lowest BCUT2D eigenvalue weighted by molar-refractivity contribution is 0.547. The Hall–Kier alpha value is -1.68. The van der Waals surface area contributed by atoms with Gasteiger partial charge in [-0.3, -0.25) is 0 Å². The highest BCUT2D eigenvalue weighted by Crippen LogP contribution is 2.26. The van der Waals surface area contributed by atoms with Crippen LogP contribution >= 0.6 is 0 Å². The van der Waals surface area contributed by atoms with Crippen LogP contribution in [0.15, 0.2) is 30.6 Å². The van der Waals surface area contributed by atoms with E-state index in [-0.39, 0.29) is 11.9 Å². The van der Waals surface area contributed by atoms with E-state index >= 15 is 0 Å². The molecular weight excluding hydrogens is 205 g/mol. The first-order chi connectivity index (χ1) is 7.84. The van der Waals surface area contributed by atoms with E-state index in [1.54, 1.807) is 18.5 Å². The first-order valence-electron chi connectivity index (χ1n) is 5.35. The molecule has 0 saturated heterocycles. The number of halogens is 1. The number of aromatic nitrogens is 2. The molecule has 16 heavy (non-hydrogen) atoms. The normalized spacial score (nSPS) is 19.4. The third kappa shape index (κ3) is 1.51. The van der Waals surface area contributed by atoms with Crippen molar-refractivity contribution in [2.45, 2.75) is 12.5 Å². The van der Waals surface area contributed by atoms with E-state index in [2.05, 4.69) is 15.3 Å². The van der Waals surface area contributed by atoms with E-state index in [9.17, 15) is 4.39 Å². The number of H-pyrrole nitrogens is 1. The molecule has 1 aromatic carbocycles. The molecular formula is C12H12FN3. The molecule has 1 atom stereocenters. The van der Waals surface area contributed by atoms with Gasteiger partial charge < -0.3 is 10.3 Å². The number of aromatic amines is 1. The molecule has 82 valence electrons. The molecule has 1 aliphatic heterocycles. The van der Waals surface area contributed by atoms with Gasteiger partial charge in [0.15, 0.2) is 0 Å².